The normalized spacial score (nSPS) is 14.4. The monoisotopic (exact) mass is 199 g/mol. The van der Waals surface area contributed by atoms with E-state index in [0.29, 0.717) is 11.5 Å². The summed E-state index contributed by atoms with van der Waals surface area (Å²) in [6, 6.07) is 0.689. The summed E-state index contributed by atoms with van der Waals surface area (Å²) in [7, 11) is 0. The predicted molar refractivity (Wildman–Crippen MR) is 65.7 cm³/mol. The van der Waals surface area contributed by atoms with Crippen LogP contribution in [0.1, 0.15) is 66.7 Å². The lowest BCUT2D eigenvalue weighted by Gasteiger charge is -2.34. The zero-order valence-corrected chi connectivity index (χ0v) is 10.8. The molecule has 0 rings (SSSR count). The van der Waals surface area contributed by atoms with Crippen LogP contribution in [0.4, 0.5) is 0 Å². The van der Waals surface area contributed by atoms with E-state index in [9.17, 15) is 0 Å². The molecule has 86 valence electrons. The molecule has 0 aliphatic carbocycles. The Morgan fingerprint density at radius 3 is 2.14 bits per heavy atom. The van der Waals surface area contributed by atoms with Crippen LogP contribution in [0.15, 0.2) is 0 Å². The average molecular weight is 199 g/mol. The fourth-order valence-electron chi connectivity index (χ4n) is 2.10. The van der Waals surface area contributed by atoms with E-state index in [1.165, 1.54) is 32.1 Å². The molecule has 14 heavy (non-hydrogen) atoms. The van der Waals surface area contributed by atoms with Gasteiger partial charge in [0.2, 0.25) is 0 Å². The minimum Gasteiger partial charge on any atom is -0.313 e. The topological polar surface area (TPSA) is 12.0 Å². The Bertz CT molecular complexity index is 129. The molecule has 1 unspecified atom stereocenters. The van der Waals surface area contributed by atoms with Crippen molar-refractivity contribution in [2.75, 3.05) is 6.54 Å². The molecule has 0 aromatic carbocycles. The summed E-state index contributed by atoms with van der Waals surface area (Å²) in [5, 5.41) is 3.67. The van der Waals surface area contributed by atoms with E-state index in [4.69, 9.17) is 0 Å². The molecule has 0 aromatic rings. The Labute approximate surface area is 90.7 Å². The SMILES string of the molecule is CCCCC(C)(C)C(CC)NCCC. The zero-order chi connectivity index (χ0) is 11.0. The van der Waals surface area contributed by atoms with Gasteiger partial charge in [-0.05, 0) is 31.2 Å². The van der Waals surface area contributed by atoms with Gasteiger partial charge in [-0.1, -0.05) is 47.5 Å². The smallest absolute Gasteiger partial charge is 0.0116 e. The molecular formula is C13H29N. The fourth-order valence-corrected chi connectivity index (χ4v) is 2.10. The van der Waals surface area contributed by atoms with Crippen LogP contribution in [0.3, 0.4) is 0 Å². The van der Waals surface area contributed by atoms with Crippen molar-refractivity contribution < 1.29 is 0 Å². The minimum absolute atomic E-state index is 0.458. The summed E-state index contributed by atoms with van der Waals surface area (Å²) in [6.45, 7) is 12.8. The van der Waals surface area contributed by atoms with Gasteiger partial charge in [0.25, 0.3) is 0 Å². The highest BCUT2D eigenvalue weighted by Gasteiger charge is 2.26. The molecule has 0 bridgehead atoms. The minimum atomic E-state index is 0.458. The molecule has 1 nitrogen and oxygen atoms in total. The van der Waals surface area contributed by atoms with E-state index in [1.54, 1.807) is 0 Å². The van der Waals surface area contributed by atoms with Gasteiger partial charge in [0, 0.05) is 6.04 Å². The molecular weight excluding hydrogens is 170 g/mol. The first-order chi connectivity index (χ1) is 6.58. The van der Waals surface area contributed by atoms with Crippen LogP contribution in [0.2, 0.25) is 0 Å². The number of rotatable bonds is 8. The molecule has 0 aliphatic heterocycles. The third kappa shape index (κ3) is 4.99. The summed E-state index contributed by atoms with van der Waals surface area (Å²) < 4.78 is 0. The number of hydrogen-bond acceptors (Lipinski definition) is 1. The Morgan fingerprint density at radius 1 is 1.07 bits per heavy atom. The van der Waals surface area contributed by atoms with E-state index in [0.717, 1.165) is 6.54 Å². The second-order valence-corrected chi connectivity index (χ2v) is 5.01. The quantitative estimate of drug-likeness (QED) is 0.623. The molecule has 0 amide bonds. The van der Waals surface area contributed by atoms with E-state index in [2.05, 4.69) is 39.9 Å². The molecule has 0 aromatic heterocycles. The van der Waals surface area contributed by atoms with Gasteiger partial charge < -0.3 is 5.32 Å². The molecule has 0 radical (unpaired) electrons. The van der Waals surface area contributed by atoms with Crippen molar-refractivity contribution in [3.63, 3.8) is 0 Å². The summed E-state index contributed by atoms with van der Waals surface area (Å²) in [5.74, 6) is 0. The maximum Gasteiger partial charge on any atom is 0.0116 e. The van der Waals surface area contributed by atoms with Gasteiger partial charge in [-0.15, -0.1) is 0 Å². The molecule has 0 saturated heterocycles. The zero-order valence-electron chi connectivity index (χ0n) is 10.8. The summed E-state index contributed by atoms with van der Waals surface area (Å²) >= 11 is 0. The highest BCUT2D eigenvalue weighted by molar-refractivity contribution is 4.82. The van der Waals surface area contributed by atoms with Crippen molar-refractivity contribution >= 4 is 0 Å². The third-order valence-electron chi connectivity index (χ3n) is 3.17. The third-order valence-corrected chi connectivity index (χ3v) is 3.17. The predicted octanol–water partition coefficient (Wildman–Crippen LogP) is 3.98. The van der Waals surface area contributed by atoms with Gasteiger partial charge in [-0.25, -0.2) is 0 Å². The molecule has 1 heteroatoms. The van der Waals surface area contributed by atoms with Gasteiger partial charge in [0.05, 0.1) is 0 Å². The van der Waals surface area contributed by atoms with E-state index >= 15 is 0 Å². The lowest BCUT2D eigenvalue weighted by molar-refractivity contribution is 0.212. The lowest BCUT2D eigenvalue weighted by Crippen LogP contribution is -2.41. The van der Waals surface area contributed by atoms with E-state index in [1.807, 2.05) is 0 Å². The van der Waals surface area contributed by atoms with Crippen molar-refractivity contribution in [1.82, 2.24) is 5.32 Å². The molecule has 0 fully saturated rings. The maximum atomic E-state index is 3.67. The largest absolute Gasteiger partial charge is 0.313 e. The summed E-state index contributed by atoms with van der Waals surface area (Å²) in [4.78, 5) is 0. The number of hydrogen-bond donors (Lipinski definition) is 1. The van der Waals surface area contributed by atoms with Crippen molar-refractivity contribution in [3.8, 4) is 0 Å². The molecule has 0 aliphatic rings. The van der Waals surface area contributed by atoms with Crippen LogP contribution < -0.4 is 5.32 Å². The first-order valence-corrected chi connectivity index (χ1v) is 6.31. The molecule has 0 heterocycles. The maximum absolute atomic E-state index is 3.67. The lowest BCUT2D eigenvalue weighted by atomic mass is 9.78. The van der Waals surface area contributed by atoms with Crippen LogP contribution in [-0.2, 0) is 0 Å². The van der Waals surface area contributed by atoms with Crippen molar-refractivity contribution in [2.24, 2.45) is 5.41 Å². The van der Waals surface area contributed by atoms with Crippen LogP contribution in [0.5, 0.6) is 0 Å². The van der Waals surface area contributed by atoms with Crippen LogP contribution >= 0.6 is 0 Å². The first-order valence-electron chi connectivity index (χ1n) is 6.31. The Balaban J connectivity index is 4.03. The molecule has 0 saturated carbocycles. The average Bonchev–Trinajstić information content (AvgIpc) is 2.16. The highest BCUT2D eigenvalue weighted by atomic mass is 14.9. The first kappa shape index (κ1) is 14.0. The molecule has 0 spiro atoms. The van der Waals surface area contributed by atoms with Crippen molar-refractivity contribution in [2.45, 2.75) is 72.8 Å². The fraction of sp³-hybridized carbons (Fsp3) is 1.00. The Kier molecular flexibility index (Phi) is 7.26. The van der Waals surface area contributed by atoms with E-state index in [-0.39, 0.29) is 0 Å². The van der Waals surface area contributed by atoms with Gasteiger partial charge in [-0.3, -0.25) is 0 Å². The number of nitrogens with one attached hydrogen (secondary N) is 1. The molecule has 1 N–H and O–H groups in total. The standard InChI is InChI=1S/C13H29N/c1-6-9-10-13(4,5)12(8-3)14-11-7-2/h12,14H,6-11H2,1-5H3. The van der Waals surface area contributed by atoms with Crippen molar-refractivity contribution in [3.05, 3.63) is 0 Å². The van der Waals surface area contributed by atoms with Crippen LogP contribution in [0.25, 0.3) is 0 Å². The van der Waals surface area contributed by atoms with Gasteiger partial charge in [-0.2, -0.15) is 0 Å². The number of unbranched alkanes of at least 4 members (excludes halogenated alkanes) is 1. The molecule has 1 atom stereocenters. The second-order valence-electron chi connectivity index (χ2n) is 5.01. The summed E-state index contributed by atoms with van der Waals surface area (Å²) in [5.41, 5.74) is 0.458. The Hall–Kier alpha value is -0.0400. The highest BCUT2D eigenvalue weighted by Crippen LogP contribution is 2.29. The van der Waals surface area contributed by atoms with Gasteiger partial charge in [0.15, 0.2) is 0 Å². The summed E-state index contributed by atoms with van der Waals surface area (Å²) in [6.07, 6.45) is 6.50. The van der Waals surface area contributed by atoms with E-state index < -0.39 is 0 Å². The van der Waals surface area contributed by atoms with Crippen molar-refractivity contribution in [1.29, 1.82) is 0 Å². The van der Waals surface area contributed by atoms with Crippen LogP contribution in [0, 0.1) is 5.41 Å². The Morgan fingerprint density at radius 2 is 1.71 bits per heavy atom. The van der Waals surface area contributed by atoms with Gasteiger partial charge >= 0.3 is 0 Å². The van der Waals surface area contributed by atoms with Gasteiger partial charge in [0.1, 0.15) is 0 Å². The van der Waals surface area contributed by atoms with Crippen LogP contribution in [-0.4, -0.2) is 12.6 Å². The second kappa shape index (κ2) is 7.28.